The average molecular weight is 206 g/mol. The topological polar surface area (TPSA) is 40.1 Å². The number of hydrogen-bond donors (Lipinski definition) is 0. The van der Waals surface area contributed by atoms with Gasteiger partial charge in [0.05, 0.1) is 11.2 Å². The van der Waals surface area contributed by atoms with E-state index in [1.165, 1.54) is 11.8 Å². The Bertz CT molecular complexity index is 233. The fraction of sp³-hybridized carbons (Fsp3) is 0.125. The predicted molar refractivity (Wildman–Crippen MR) is 43.8 cm³/mol. The number of carboxylic acid groups (broad SMARTS) is 1. The maximum Gasteiger partial charge on any atom is 1.00 e. The van der Waals surface area contributed by atoms with Crippen LogP contribution < -0.4 is 56.5 Å². The van der Waals surface area contributed by atoms with Crippen molar-refractivity contribution in [3.8, 4) is 0 Å². The van der Waals surface area contributed by atoms with E-state index in [0.29, 0.717) is 0 Å². The van der Waals surface area contributed by atoms with Crippen LogP contribution in [-0.2, 0) is 4.79 Å². The van der Waals surface area contributed by atoms with Gasteiger partial charge in [0.15, 0.2) is 0 Å². The number of hydrogen-bond acceptors (Lipinski definition) is 3. The number of carbonyl (C=O) groups excluding carboxylic acids is 1. The Kier molecular flexibility index (Phi) is 7.52. The third-order valence-corrected chi connectivity index (χ3v) is 2.11. The molecule has 2 nitrogen and oxygen atoms in total. The zero-order valence-electron chi connectivity index (χ0n) is 6.77. The van der Waals surface area contributed by atoms with Crippen LogP contribution in [0, 0.1) is 0 Å². The molecule has 0 aromatic heterocycles. The molecule has 0 aromatic rings. The summed E-state index contributed by atoms with van der Waals surface area (Å²) in [6.45, 7) is 0. The molecule has 0 fully saturated rings. The third kappa shape index (κ3) is 4.64. The Balaban J connectivity index is 0.00000121. The largest absolute Gasteiger partial charge is 1.00 e. The summed E-state index contributed by atoms with van der Waals surface area (Å²) in [5, 5.41) is 11.6. The molecule has 12 heavy (non-hydrogen) atoms. The molecular weight excluding hydrogens is 199 g/mol. The van der Waals surface area contributed by atoms with E-state index in [-0.39, 0.29) is 51.4 Å². The van der Waals surface area contributed by atoms with Crippen molar-refractivity contribution in [1.29, 1.82) is 0 Å². The Labute approximate surface area is 118 Å². The molecule has 1 atom stereocenters. The van der Waals surface area contributed by atoms with Gasteiger partial charge in [0.2, 0.25) is 0 Å². The maximum absolute atomic E-state index is 10.4. The van der Waals surface area contributed by atoms with E-state index < -0.39 is 11.2 Å². The van der Waals surface area contributed by atoms with Crippen molar-refractivity contribution in [1.82, 2.24) is 0 Å². The van der Waals surface area contributed by atoms with Crippen LogP contribution in [0.15, 0.2) is 35.8 Å². The van der Waals surface area contributed by atoms with Gasteiger partial charge in [0.25, 0.3) is 0 Å². The summed E-state index contributed by atoms with van der Waals surface area (Å²) in [5.41, 5.74) is 0. The van der Waals surface area contributed by atoms with Gasteiger partial charge in [-0.2, -0.15) is 0 Å². The fourth-order valence-electron chi connectivity index (χ4n) is 0.648. The van der Waals surface area contributed by atoms with E-state index in [1.807, 2.05) is 6.08 Å². The quantitative estimate of drug-likeness (QED) is 0.445. The first-order valence-electron chi connectivity index (χ1n) is 3.17. The van der Waals surface area contributed by atoms with Gasteiger partial charge in [0.1, 0.15) is 0 Å². The smallest absolute Gasteiger partial charge is 0.549 e. The van der Waals surface area contributed by atoms with Crippen molar-refractivity contribution in [2.24, 2.45) is 0 Å². The van der Waals surface area contributed by atoms with Gasteiger partial charge >= 0.3 is 51.4 Å². The molecule has 0 saturated heterocycles. The van der Waals surface area contributed by atoms with Gasteiger partial charge in [-0.1, -0.05) is 30.4 Å². The van der Waals surface area contributed by atoms with E-state index in [9.17, 15) is 9.90 Å². The van der Waals surface area contributed by atoms with Crippen molar-refractivity contribution < 1.29 is 61.3 Å². The van der Waals surface area contributed by atoms with E-state index in [2.05, 4.69) is 0 Å². The Morgan fingerprint density at radius 1 is 1.25 bits per heavy atom. The molecule has 1 heterocycles. The minimum atomic E-state index is -1.05. The van der Waals surface area contributed by atoms with Gasteiger partial charge in [-0.3, -0.25) is 0 Å². The van der Waals surface area contributed by atoms with Crippen LogP contribution >= 0.6 is 11.8 Å². The third-order valence-electron chi connectivity index (χ3n) is 1.16. The van der Waals surface area contributed by atoms with Crippen molar-refractivity contribution in [3.63, 3.8) is 0 Å². The van der Waals surface area contributed by atoms with Crippen LogP contribution in [0.3, 0.4) is 0 Å². The summed E-state index contributed by atoms with van der Waals surface area (Å²) < 4.78 is 0. The Morgan fingerprint density at radius 2 is 1.92 bits per heavy atom. The molecule has 58 valence electrons. The summed E-state index contributed by atoms with van der Waals surface area (Å²) in [7, 11) is 0. The van der Waals surface area contributed by atoms with E-state index in [4.69, 9.17) is 0 Å². The van der Waals surface area contributed by atoms with Crippen LogP contribution in [0.25, 0.3) is 0 Å². The molecule has 0 N–H and O–H groups in total. The predicted octanol–water partition coefficient (Wildman–Crippen LogP) is -2.52. The molecule has 0 spiro atoms. The summed E-state index contributed by atoms with van der Waals surface area (Å²) in [6, 6.07) is 0. The van der Waals surface area contributed by atoms with E-state index in [0.717, 1.165) is 0 Å². The summed E-state index contributed by atoms with van der Waals surface area (Å²) >= 11 is 1.22. The van der Waals surface area contributed by atoms with Crippen LogP contribution in [0.1, 0.15) is 0 Å². The number of carboxylic acids is 1. The Hall–Kier alpha value is 0.676. The van der Waals surface area contributed by atoms with Crippen molar-refractivity contribution in [3.05, 3.63) is 35.8 Å². The molecule has 1 aliphatic rings. The second kappa shape index (κ2) is 7.12. The number of thioether (sulfide) groups is 1. The molecule has 1 rings (SSSR count). The van der Waals surface area contributed by atoms with Crippen molar-refractivity contribution >= 4 is 17.7 Å². The van der Waals surface area contributed by atoms with Crippen molar-refractivity contribution in [2.75, 3.05) is 0 Å². The average Bonchev–Trinajstić information content (AvgIpc) is 1.84. The first-order chi connectivity index (χ1) is 5.30. The van der Waals surface area contributed by atoms with Gasteiger partial charge in [0, 0.05) is 0 Å². The standard InChI is InChI=1S/C8H8O2S.K/c9-8(10)7-5-3-1-2-4-6-11-7;/h1-7H,(H,9,10);/q;+1/p-1/b2-1-,5-3-,6-4-;. The van der Waals surface area contributed by atoms with E-state index >= 15 is 0 Å². The first-order valence-corrected chi connectivity index (χ1v) is 4.11. The second-order valence-electron chi connectivity index (χ2n) is 1.97. The zero-order valence-corrected chi connectivity index (χ0v) is 10.7. The summed E-state index contributed by atoms with van der Waals surface area (Å²) in [5.74, 6) is -1.05. The number of carbonyl (C=O) groups is 1. The van der Waals surface area contributed by atoms with E-state index in [1.54, 1.807) is 29.7 Å². The molecule has 0 bridgehead atoms. The summed E-state index contributed by atoms with van der Waals surface area (Å²) in [4.78, 5) is 10.4. The normalized spacial score (nSPS) is 28.8. The van der Waals surface area contributed by atoms with Crippen LogP contribution in [-0.4, -0.2) is 11.2 Å². The summed E-state index contributed by atoms with van der Waals surface area (Å²) in [6.07, 6.45) is 8.72. The van der Waals surface area contributed by atoms with Gasteiger partial charge < -0.3 is 9.90 Å². The van der Waals surface area contributed by atoms with Gasteiger partial charge in [-0.05, 0) is 5.41 Å². The number of aliphatic carboxylic acids is 1. The monoisotopic (exact) mass is 206 g/mol. The van der Waals surface area contributed by atoms with Crippen LogP contribution in [0.5, 0.6) is 0 Å². The first kappa shape index (κ1) is 12.7. The number of rotatable bonds is 1. The maximum atomic E-state index is 10.4. The van der Waals surface area contributed by atoms with Crippen LogP contribution in [0.2, 0.25) is 0 Å². The fourth-order valence-corrected chi connectivity index (χ4v) is 1.29. The molecule has 4 heteroatoms. The molecule has 0 saturated carbocycles. The SMILES string of the molecule is O=C([O-])C1\C=C/C=C\C=C/S1.[K+]. The van der Waals surface area contributed by atoms with Crippen molar-refractivity contribution in [2.45, 2.75) is 5.25 Å². The molecule has 0 amide bonds. The van der Waals surface area contributed by atoms with Crippen LogP contribution in [0.4, 0.5) is 0 Å². The molecule has 1 aliphatic heterocycles. The molecule has 0 aromatic carbocycles. The minimum absolute atomic E-state index is 0. The van der Waals surface area contributed by atoms with Gasteiger partial charge in [-0.15, -0.1) is 11.8 Å². The molecular formula is C8H7KO2S. The second-order valence-corrected chi connectivity index (χ2v) is 3.03. The molecule has 0 radical (unpaired) electrons. The Morgan fingerprint density at radius 3 is 2.58 bits per heavy atom. The minimum Gasteiger partial charge on any atom is -0.549 e. The molecule has 0 aliphatic carbocycles. The molecule has 1 unspecified atom stereocenters. The number of allylic oxidation sites excluding steroid dienone is 4. The zero-order chi connectivity index (χ0) is 8.10. The van der Waals surface area contributed by atoms with Gasteiger partial charge in [-0.25, -0.2) is 0 Å².